The lowest BCUT2D eigenvalue weighted by molar-refractivity contribution is -0.109. The van der Waals surface area contributed by atoms with Gasteiger partial charge in [0.1, 0.15) is 12.0 Å². The van der Waals surface area contributed by atoms with Crippen LogP contribution in [0.1, 0.15) is 71.8 Å². The highest BCUT2D eigenvalue weighted by atomic mass is 16.5. The number of ether oxygens (including phenoxy) is 1. The molecule has 0 aliphatic rings. The minimum Gasteiger partial charge on any atom is -0.497 e. The Bertz CT molecular complexity index is 517. The number of methoxy groups -OCH3 is 1. The van der Waals surface area contributed by atoms with E-state index in [1.807, 2.05) is 12.1 Å². The molecule has 0 radical (unpaired) electrons. The van der Waals surface area contributed by atoms with Gasteiger partial charge in [-0.1, -0.05) is 71.2 Å². The molecule has 0 saturated carbocycles. The molecule has 24 heavy (non-hydrogen) atoms. The molecule has 0 unspecified atom stereocenters. The second-order valence-corrected chi connectivity index (χ2v) is 7.36. The molecule has 0 aliphatic heterocycles. The topological polar surface area (TPSA) is 26.3 Å². The van der Waals surface area contributed by atoms with Gasteiger partial charge in [0, 0.05) is 11.8 Å². The summed E-state index contributed by atoms with van der Waals surface area (Å²) in [6, 6.07) is 8.36. The maximum absolute atomic E-state index is 11.1. The van der Waals surface area contributed by atoms with Crippen molar-refractivity contribution in [3.05, 3.63) is 42.0 Å². The molecule has 0 spiro atoms. The normalized spacial score (nSPS) is 16.5. The van der Waals surface area contributed by atoms with E-state index in [9.17, 15) is 4.79 Å². The van der Waals surface area contributed by atoms with Crippen molar-refractivity contribution in [2.45, 2.75) is 71.6 Å². The van der Waals surface area contributed by atoms with E-state index >= 15 is 0 Å². The van der Waals surface area contributed by atoms with Gasteiger partial charge < -0.3 is 9.53 Å². The number of hydrogen-bond acceptors (Lipinski definition) is 2. The van der Waals surface area contributed by atoms with Crippen molar-refractivity contribution in [2.75, 3.05) is 7.11 Å². The molecule has 0 fully saturated rings. The molecule has 0 N–H and O–H groups in total. The second-order valence-electron chi connectivity index (χ2n) is 7.36. The Balaban J connectivity index is 3.09. The molecule has 134 valence electrons. The van der Waals surface area contributed by atoms with Crippen molar-refractivity contribution in [3.8, 4) is 5.75 Å². The summed E-state index contributed by atoms with van der Waals surface area (Å²) in [4.78, 5) is 11.1. The molecule has 1 aromatic carbocycles. The summed E-state index contributed by atoms with van der Waals surface area (Å²) in [7, 11) is 1.69. The third-order valence-electron chi connectivity index (χ3n) is 5.02. The van der Waals surface area contributed by atoms with Gasteiger partial charge in [0.2, 0.25) is 0 Å². The Labute approximate surface area is 148 Å². The Morgan fingerprint density at radius 1 is 1.00 bits per heavy atom. The number of carbonyl (C=O) groups excluding carboxylic acids is 1. The van der Waals surface area contributed by atoms with Gasteiger partial charge >= 0.3 is 0 Å². The molecule has 2 nitrogen and oxygen atoms in total. The largest absolute Gasteiger partial charge is 0.497 e. The summed E-state index contributed by atoms with van der Waals surface area (Å²) < 4.78 is 5.28. The zero-order valence-electron chi connectivity index (χ0n) is 16.1. The van der Waals surface area contributed by atoms with Crippen LogP contribution in [-0.4, -0.2) is 13.4 Å². The maximum atomic E-state index is 11.1. The third-order valence-corrected chi connectivity index (χ3v) is 5.02. The van der Waals surface area contributed by atoms with E-state index in [0.717, 1.165) is 44.1 Å². The zero-order valence-corrected chi connectivity index (χ0v) is 16.1. The van der Waals surface area contributed by atoms with Crippen LogP contribution in [0.15, 0.2) is 36.4 Å². The van der Waals surface area contributed by atoms with Crippen molar-refractivity contribution < 1.29 is 9.53 Å². The molecule has 0 bridgehead atoms. The first-order chi connectivity index (χ1) is 11.4. The van der Waals surface area contributed by atoms with Gasteiger partial charge in [-0.2, -0.15) is 0 Å². The average Bonchev–Trinajstić information content (AvgIpc) is 2.59. The van der Waals surface area contributed by atoms with Crippen LogP contribution in [0.5, 0.6) is 5.75 Å². The fraction of sp³-hybridized carbons (Fsp3) is 0.591. The SMILES string of the molecule is CCCC[C@@](C)(/C=C/[C@](C)(CCC)c1ccc(OC)cc1)CC=O. The first kappa shape index (κ1) is 20.5. The lowest BCUT2D eigenvalue weighted by Gasteiger charge is -2.30. The average molecular weight is 331 g/mol. The van der Waals surface area contributed by atoms with E-state index in [1.54, 1.807) is 7.11 Å². The molecule has 2 heteroatoms. The first-order valence-electron chi connectivity index (χ1n) is 9.21. The third kappa shape index (κ3) is 5.81. The van der Waals surface area contributed by atoms with Gasteiger partial charge in [0.15, 0.2) is 0 Å². The van der Waals surface area contributed by atoms with Crippen LogP contribution >= 0.6 is 0 Å². The summed E-state index contributed by atoms with van der Waals surface area (Å²) in [6.07, 6.45) is 11.8. The van der Waals surface area contributed by atoms with Crippen molar-refractivity contribution in [3.63, 3.8) is 0 Å². The maximum Gasteiger partial charge on any atom is 0.120 e. The van der Waals surface area contributed by atoms with Crippen molar-refractivity contribution in [1.29, 1.82) is 0 Å². The smallest absolute Gasteiger partial charge is 0.120 e. The first-order valence-corrected chi connectivity index (χ1v) is 9.21. The van der Waals surface area contributed by atoms with Crippen LogP contribution in [0.4, 0.5) is 0 Å². The fourth-order valence-corrected chi connectivity index (χ4v) is 3.22. The van der Waals surface area contributed by atoms with E-state index in [4.69, 9.17) is 4.74 Å². The van der Waals surface area contributed by atoms with E-state index in [-0.39, 0.29) is 10.8 Å². The Morgan fingerprint density at radius 3 is 2.17 bits per heavy atom. The van der Waals surface area contributed by atoms with Gasteiger partial charge in [-0.25, -0.2) is 0 Å². The van der Waals surface area contributed by atoms with Crippen molar-refractivity contribution in [2.24, 2.45) is 5.41 Å². The summed E-state index contributed by atoms with van der Waals surface area (Å²) >= 11 is 0. The number of unbranched alkanes of at least 4 members (excludes halogenated alkanes) is 1. The molecule has 1 rings (SSSR count). The fourth-order valence-electron chi connectivity index (χ4n) is 3.22. The standard InChI is InChI=1S/C22H34O2/c1-6-8-14-21(3,17-18-23)15-16-22(4,13-7-2)19-9-11-20(24-5)12-10-19/h9-12,15-16,18H,6-8,13-14,17H2,1-5H3/b16-15+/t21-,22-/m0/s1. The molecule has 1 aromatic rings. The molecule has 0 aromatic heterocycles. The molecule has 0 aliphatic carbocycles. The van der Waals surface area contributed by atoms with E-state index in [0.29, 0.717) is 6.42 Å². The predicted molar refractivity (Wildman–Crippen MR) is 103 cm³/mol. The number of benzene rings is 1. The van der Waals surface area contributed by atoms with E-state index in [2.05, 4.69) is 52.0 Å². The molecular formula is C22H34O2. The van der Waals surface area contributed by atoms with Crippen LogP contribution in [0, 0.1) is 5.41 Å². The number of aldehydes is 1. The highest BCUT2D eigenvalue weighted by molar-refractivity contribution is 5.51. The molecular weight excluding hydrogens is 296 g/mol. The predicted octanol–water partition coefficient (Wildman–Crippen LogP) is 6.09. The number of allylic oxidation sites excluding steroid dienone is 2. The van der Waals surface area contributed by atoms with E-state index in [1.165, 1.54) is 5.56 Å². The summed E-state index contributed by atoms with van der Waals surface area (Å²) in [5.74, 6) is 0.885. The van der Waals surface area contributed by atoms with Gasteiger partial charge in [-0.15, -0.1) is 0 Å². The summed E-state index contributed by atoms with van der Waals surface area (Å²) in [5, 5.41) is 0. The molecule has 0 heterocycles. The second kappa shape index (κ2) is 9.66. The lowest BCUT2D eigenvalue weighted by Crippen LogP contribution is -2.21. The molecule has 0 saturated heterocycles. The van der Waals surface area contributed by atoms with Crippen LogP contribution in [0.25, 0.3) is 0 Å². The van der Waals surface area contributed by atoms with Gasteiger partial charge in [-0.05, 0) is 36.0 Å². The quantitative estimate of drug-likeness (QED) is 0.362. The summed E-state index contributed by atoms with van der Waals surface area (Å²) in [6.45, 7) is 8.91. The van der Waals surface area contributed by atoms with Gasteiger partial charge in [-0.3, -0.25) is 0 Å². The molecule has 2 atom stereocenters. The number of hydrogen-bond donors (Lipinski definition) is 0. The van der Waals surface area contributed by atoms with Crippen molar-refractivity contribution in [1.82, 2.24) is 0 Å². The number of rotatable bonds is 11. The highest BCUT2D eigenvalue weighted by Gasteiger charge is 2.26. The van der Waals surface area contributed by atoms with Crippen LogP contribution < -0.4 is 4.74 Å². The highest BCUT2D eigenvalue weighted by Crippen LogP contribution is 2.36. The van der Waals surface area contributed by atoms with Gasteiger partial charge in [0.25, 0.3) is 0 Å². The van der Waals surface area contributed by atoms with Gasteiger partial charge in [0.05, 0.1) is 7.11 Å². The Morgan fingerprint density at radius 2 is 1.67 bits per heavy atom. The lowest BCUT2D eigenvalue weighted by atomic mass is 9.74. The van der Waals surface area contributed by atoms with Crippen LogP contribution in [-0.2, 0) is 10.2 Å². The number of carbonyl (C=O) groups is 1. The Kier molecular flexibility index (Phi) is 8.24. The monoisotopic (exact) mass is 330 g/mol. The summed E-state index contributed by atoms with van der Waals surface area (Å²) in [5.41, 5.74) is 1.24. The Hall–Kier alpha value is -1.57. The molecule has 0 amide bonds. The van der Waals surface area contributed by atoms with Crippen molar-refractivity contribution >= 4 is 6.29 Å². The minimum absolute atomic E-state index is 0.0165. The van der Waals surface area contributed by atoms with Crippen LogP contribution in [0.2, 0.25) is 0 Å². The zero-order chi connectivity index (χ0) is 18.1. The van der Waals surface area contributed by atoms with E-state index < -0.39 is 0 Å². The minimum atomic E-state index is -0.0424. The van der Waals surface area contributed by atoms with Crippen LogP contribution in [0.3, 0.4) is 0 Å².